The molecule has 0 saturated heterocycles. The topological polar surface area (TPSA) is 61.5 Å². The molecule has 0 aromatic rings. The monoisotopic (exact) mass is 229 g/mol. The summed E-state index contributed by atoms with van der Waals surface area (Å²) < 4.78 is 9.97. The zero-order valence-corrected chi connectivity index (χ0v) is 10.3. The molecule has 2 N–H and O–H groups in total. The fourth-order valence-electron chi connectivity index (χ4n) is 1.88. The number of hydrogen-bond donors (Lipinski definition) is 1. The lowest BCUT2D eigenvalue weighted by molar-refractivity contribution is 0.0271. The Bertz CT molecular complexity index is 222. The summed E-state index contributed by atoms with van der Waals surface area (Å²) in [6, 6.07) is 0. The molecular weight excluding hydrogens is 206 g/mol. The molecule has 4 nitrogen and oxygen atoms in total. The lowest BCUT2D eigenvalue weighted by Gasteiger charge is -2.32. The second kappa shape index (κ2) is 6.09. The highest BCUT2D eigenvalue weighted by molar-refractivity contribution is 5.59. The van der Waals surface area contributed by atoms with Gasteiger partial charge < -0.3 is 15.2 Å². The Morgan fingerprint density at radius 1 is 1.25 bits per heavy atom. The van der Waals surface area contributed by atoms with E-state index in [1.54, 1.807) is 0 Å². The van der Waals surface area contributed by atoms with Crippen molar-refractivity contribution in [2.24, 2.45) is 11.7 Å². The van der Waals surface area contributed by atoms with Gasteiger partial charge in [-0.15, -0.1) is 0 Å². The summed E-state index contributed by atoms with van der Waals surface area (Å²) in [6.45, 7) is 4.65. The fourth-order valence-corrected chi connectivity index (χ4v) is 1.88. The van der Waals surface area contributed by atoms with Crippen molar-refractivity contribution in [1.29, 1.82) is 0 Å². The van der Waals surface area contributed by atoms with Gasteiger partial charge in [-0.25, -0.2) is 4.79 Å². The van der Waals surface area contributed by atoms with Crippen molar-refractivity contribution in [1.82, 2.24) is 0 Å². The molecule has 0 aromatic heterocycles. The summed E-state index contributed by atoms with van der Waals surface area (Å²) in [5, 5.41) is 0. The van der Waals surface area contributed by atoms with E-state index in [4.69, 9.17) is 15.2 Å². The standard InChI is InChI=1S/C12H23NO3/c1-10(2)8-15-11(14)16-9-12(13)6-4-3-5-7-12/h10H,3-9,13H2,1-2H3. The van der Waals surface area contributed by atoms with Gasteiger partial charge in [-0.3, -0.25) is 0 Å². The molecule has 0 unspecified atom stereocenters. The quantitative estimate of drug-likeness (QED) is 0.752. The molecule has 1 aliphatic rings. The molecule has 0 amide bonds. The van der Waals surface area contributed by atoms with Gasteiger partial charge in [0.05, 0.1) is 12.1 Å². The largest absolute Gasteiger partial charge is 0.508 e. The van der Waals surface area contributed by atoms with Crippen LogP contribution in [0, 0.1) is 5.92 Å². The van der Waals surface area contributed by atoms with Crippen LogP contribution in [0.2, 0.25) is 0 Å². The third-order valence-corrected chi connectivity index (χ3v) is 2.86. The van der Waals surface area contributed by atoms with Gasteiger partial charge in [0.1, 0.15) is 6.61 Å². The van der Waals surface area contributed by atoms with Crippen molar-refractivity contribution in [2.45, 2.75) is 51.5 Å². The predicted octanol–water partition coefficient (Wildman–Crippen LogP) is 2.46. The first-order valence-corrected chi connectivity index (χ1v) is 6.10. The fraction of sp³-hybridized carbons (Fsp3) is 0.917. The third-order valence-electron chi connectivity index (χ3n) is 2.86. The summed E-state index contributed by atoms with van der Waals surface area (Å²) in [6.07, 6.45) is 4.76. The molecule has 1 aliphatic carbocycles. The molecular formula is C12H23NO3. The van der Waals surface area contributed by atoms with Crippen LogP contribution in [-0.2, 0) is 9.47 Å². The average Bonchev–Trinajstić information content (AvgIpc) is 2.25. The number of rotatable bonds is 4. The molecule has 1 fully saturated rings. The minimum atomic E-state index is -0.593. The van der Waals surface area contributed by atoms with E-state index in [0.29, 0.717) is 12.5 Å². The first-order chi connectivity index (χ1) is 7.52. The van der Waals surface area contributed by atoms with Crippen LogP contribution in [0.15, 0.2) is 0 Å². The van der Waals surface area contributed by atoms with Gasteiger partial charge in [0, 0.05) is 0 Å². The van der Waals surface area contributed by atoms with E-state index in [0.717, 1.165) is 25.7 Å². The van der Waals surface area contributed by atoms with E-state index < -0.39 is 6.16 Å². The van der Waals surface area contributed by atoms with Gasteiger partial charge in [-0.05, 0) is 18.8 Å². The van der Waals surface area contributed by atoms with Gasteiger partial charge >= 0.3 is 6.16 Å². The van der Waals surface area contributed by atoms with Crippen molar-refractivity contribution in [3.63, 3.8) is 0 Å². The molecule has 0 atom stereocenters. The molecule has 94 valence electrons. The molecule has 0 aliphatic heterocycles. The van der Waals surface area contributed by atoms with Gasteiger partial charge in [0.25, 0.3) is 0 Å². The Labute approximate surface area is 97.5 Å². The molecule has 4 heteroatoms. The number of carbonyl (C=O) groups excluding carboxylic acids is 1. The van der Waals surface area contributed by atoms with Crippen molar-refractivity contribution < 1.29 is 14.3 Å². The van der Waals surface area contributed by atoms with E-state index >= 15 is 0 Å². The average molecular weight is 229 g/mol. The predicted molar refractivity (Wildman–Crippen MR) is 62.1 cm³/mol. The molecule has 1 saturated carbocycles. The lowest BCUT2D eigenvalue weighted by atomic mass is 9.83. The molecule has 0 bridgehead atoms. The molecule has 1 rings (SSSR count). The normalized spacial score (nSPS) is 19.5. The summed E-state index contributed by atoms with van der Waals surface area (Å²) in [4.78, 5) is 11.2. The zero-order chi connectivity index (χ0) is 12.0. The van der Waals surface area contributed by atoms with Crippen molar-refractivity contribution in [3.05, 3.63) is 0 Å². The van der Waals surface area contributed by atoms with Crippen LogP contribution in [0.1, 0.15) is 46.0 Å². The van der Waals surface area contributed by atoms with Crippen LogP contribution < -0.4 is 5.73 Å². The van der Waals surface area contributed by atoms with E-state index in [9.17, 15) is 4.79 Å². The number of ether oxygens (including phenoxy) is 2. The number of hydrogen-bond acceptors (Lipinski definition) is 4. The van der Waals surface area contributed by atoms with E-state index in [-0.39, 0.29) is 12.1 Å². The maximum atomic E-state index is 11.2. The van der Waals surface area contributed by atoms with Gasteiger partial charge in [0.2, 0.25) is 0 Å². The third kappa shape index (κ3) is 4.84. The molecule has 16 heavy (non-hydrogen) atoms. The van der Waals surface area contributed by atoms with Crippen molar-refractivity contribution in [3.8, 4) is 0 Å². The van der Waals surface area contributed by atoms with Crippen LogP contribution in [0.3, 0.4) is 0 Å². The second-order valence-corrected chi connectivity index (χ2v) is 5.17. The number of carbonyl (C=O) groups is 1. The minimum Gasteiger partial charge on any atom is -0.434 e. The van der Waals surface area contributed by atoms with Crippen LogP contribution >= 0.6 is 0 Å². The second-order valence-electron chi connectivity index (χ2n) is 5.17. The first kappa shape index (κ1) is 13.3. The summed E-state index contributed by atoms with van der Waals surface area (Å²) in [5.41, 5.74) is 5.81. The zero-order valence-electron chi connectivity index (χ0n) is 10.3. The van der Waals surface area contributed by atoms with Crippen molar-refractivity contribution >= 4 is 6.16 Å². The van der Waals surface area contributed by atoms with E-state index in [2.05, 4.69) is 0 Å². The molecule has 0 radical (unpaired) electrons. The Kier molecular flexibility index (Phi) is 5.06. The maximum Gasteiger partial charge on any atom is 0.508 e. The summed E-state index contributed by atoms with van der Waals surface area (Å²) in [5.74, 6) is 0.328. The van der Waals surface area contributed by atoms with E-state index in [1.807, 2.05) is 13.8 Å². The molecule has 0 aromatic carbocycles. The Balaban J connectivity index is 2.19. The molecule has 0 spiro atoms. The van der Waals surface area contributed by atoms with Crippen LogP contribution in [0.25, 0.3) is 0 Å². The maximum absolute atomic E-state index is 11.2. The summed E-state index contributed by atoms with van der Waals surface area (Å²) in [7, 11) is 0. The minimum absolute atomic E-state index is 0.282. The summed E-state index contributed by atoms with van der Waals surface area (Å²) >= 11 is 0. The number of nitrogens with two attached hydrogens (primary N) is 1. The van der Waals surface area contributed by atoms with Crippen molar-refractivity contribution in [2.75, 3.05) is 13.2 Å². The highest BCUT2D eigenvalue weighted by Crippen LogP contribution is 2.26. The van der Waals surface area contributed by atoms with Gasteiger partial charge in [-0.1, -0.05) is 33.1 Å². The Morgan fingerprint density at radius 2 is 1.88 bits per heavy atom. The highest BCUT2D eigenvalue weighted by atomic mass is 16.7. The lowest BCUT2D eigenvalue weighted by Crippen LogP contribution is -2.46. The van der Waals surface area contributed by atoms with Gasteiger partial charge in [-0.2, -0.15) is 0 Å². The Morgan fingerprint density at radius 3 is 2.44 bits per heavy atom. The van der Waals surface area contributed by atoms with Gasteiger partial charge in [0.15, 0.2) is 0 Å². The first-order valence-electron chi connectivity index (χ1n) is 6.10. The highest BCUT2D eigenvalue weighted by Gasteiger charge is 2.29. The smallest absolute Gasteiger partial charge is 0.434 e. The van der Waals surface area contributed by atoms with Crippen LogP contribution in [0.5, 0.6) is 0 Å². The Hall–Kier alpha value is -0.770. The van der Waals surface area contributed by atoms with Crippen LogP contribution in [0.4, 0.5) is 4.79 Å². The van der Waals surface area contributed by atoms with Crippen LogP contribution in [-0.4, -0.2) is 24.9 Å². The molecule has 0 heterocycles. The SMILES string of the molecule is CC(C)COC(=O)OCC1(N)CCCCC1. The van der Waals surface area contributed by atoms with E-state index in [1.165, 1.54) is 6.42 Å².